The fourth-order valence-electron chi connectivity index (χ4n) is 5.27. The summed E-state index contributed by atoms with van der Waals surface area (Å²) in [5.41, 5.74) is -0.466. The molecule has 1 aliphatic heterocycles. The average molecular weight is 574 g/mol. The van der Waals surface area contributed by atoms with E-state index in [1.54, 1.807) is 6.92 Å². The molecule has 2 rings (SSSR count). The Morgan fingerprint density at radius 2 is 1.64 bits per heavy atom. The van der Waals surface area contributed by atoms with Gasteiger partial charge in [0.25, 0.3) is 0 Å². The number of carbonyl (C=O) groups is 3. The van der Waals surface area contributed by atoms with E-state index in [0.29, 0.717) is 25.8 Å². The maximum atomic E-state index is 13.9. The normalized spacial score (nSPS) is 21.3. The first-order chi connectivity index (χ1) is 18.1. The molecule has 5 N–H and O–H groups in total. The summed E-state index contributed by atoms with van der Waals surface area (Å²) in [6.07, 6.45) is 6.99. The lowest BCUT2D eigenvalue weighted by Crippen LogP contribution is -2.60. The van der Waals surface area contributed by atoms with Crippen molar-refractivity contribution in [2.24, 2.45) is 11.3 Å². The molecule has 14 heteroatoms. The topological polar surface area (TPSA) is 168 Å². The fraction of sp³-hybridized carbons (Fsp3) is 0.880. The number of hydrogen-bond acceptors (Lipinski definition) is 7. The molecule has 4 amide bonds. The van der Waals surface area contributed by atoms with E-state index < -0.39 is 58.6 Å². The first-order valence-corrected chi connectivity index (χ1v) is 15.9. The van der Waals surface area contributed by atoms with E-state index >= 15 is 0 Å². The summed E-state index contributed by atoms with van der Waals surface area (Å²) in [6, 6.07) is -2.68. The second-order valence-electron chi connectivity index (χ2n) is 12.1. The highest BCUT2D eigenvalue weighted by molar-refractivity contribution is 7.88. The van der Waals surface area contributed by atoms with Crippen LogP contribution in [0.3, 0.4) is 0 Å². The summed E-state index contributed by atoms with van der Waals surface area (Å²) in [5.74, 6) is -1.69. The first kappa shape index (κ1) is 33.3. The molecule has 12 nitrogen and oxygen atoms in total. The molecular weight excluding hydrogens is 525 g/mol. The van der Waals surface area contributed by atoms with E-state index in [2.05, 4.69) is 16.0 Å². The lowest BCUT2D eigenvalue weighted by molar-refractivity contribution is -0.141. The van der Waals surface area contributed by atoms with Crippen LogP contribution in [0, 0.1) is 11.3 Å². The van der Waals surface area contributed by atoms with Gasteiger partial charge in [0.2, 0.25) is 21.8 Å². The second kappa shape index (κ2) is 14.1. The molecule has 0 unspecified atom stereocenters. The molecular formula is C25H48BN5O7S. The van der Waals surface area contributed by atoms with Crippen LogP contribution in [0.15, 0.2) is 0 Å². The number of nitrogens with zero attached hydrogens (tertiary/aromatic N) is 2. The van der Waals surface area contributed by atoms with Gasteiger partial charge in [0.1, 0.15) is 12.1 Å². The van der Waals surface area contributed by atoms with E-state index in [1.165, 1.54) is 16.3 Å². The van der Waals surface area contributed by atoms with Gasteiger partial charge in [-0.05, 0) is 43.4 Å². The second-order valence-corrected chi connectivity index (χ2v) is 14.2. The molecule has 0 aromatic heterocycles. The predicted octanol–water partition coefficient (Wildman–Crippen LogP) is 0.438. The minimum atomic E-state index is -3.46. The lowest BCUT2D eigenvalue weighted by atomic mass is 9.77. The number of nitrogens with one attached hydrogen (secondary N) is 3. The van der Waals surface area contributed by atoms with Crippen molar-refractivity contribution in [2.45, 2.75) is 103 Å². The van der Waals surface area contributed by atoms with Crippen LogP contribution in [0.1, 0.15) is 79.1 Å². The number of sulfonamides is 1. The standard InChI is InChI=1S/C25H48BN5O7S/c1-7-20(26(35)36)28-22(32)18-14-11-15-31(18)23(33)21(17-12-9-8-10-13-17)29-24(34)27-19(25(2,3)4)16-30(5)39(6,37)38/h17-21,35-36H,7-16H2,1-6H3,(H,28,32)(H2,27,29,34)/t18-,19+,20-,21-/m0/s1. The Bertz CT molecular complexity index is 953. The highest BCUT2D eigenvalue weighted by atomic mass is 32.2. The van der Waals surface area contributed by atoms with Crippen LogP contribution in [-0.4, -0.2) is 103 Å². The molecule has 224 valence electrons. The molecule has 4 atom stereocenters. The molecule has 0 radical (unpaired) electrons. The lowest BCUT2D eigenvalue weighted by Gasteiger charge is -2.37. The van der Waals surface area contributed by atoms with Crippen LogP contribution in [0.4, 0.5) is 4.79 Å². The van der Waals surface area contributed by atoms with Crippen molar-refractivity contribution in [2.75, 3.05) is 26.4 Å². The SMILES string of the molecule is CC[C@H](NC(=O)[C@@H]1CCCN1C(=O)[C@@H](NC(=O)N[C@H](CN(C)S(C)(=O)=O)C(C)(C)C)C1CCCCC1)B(O)O. The quantitative estimate of drug-likeness (QED) is 0.224. The van der Waals surface area contributed by atoms with Crippen molar-refractivity contribution in [1.82, 2.24) is 25.2 Å². The van der Waals surface area contributed by atoms with Crippen molar-refractivity contribution in [3.05, 3.63) is 0 Å². The minimum Gasteiger partial charge on any atom is -0.426 e. The maximum absolute atomic E-state index is 13.9. The number of urea groups is 1. The van der Waals surface area contributed by atoms with Crippen molar-refractivity contribution < 1.29 is 32.8 Å². The number of likely N-dealkylation sites (tertiary alicyclic amines) is 1. The number of hydrogen-bond donors (Lipinski definition) is 5. The van der Waals surface area contributed by atoms with Crippen molar-refractivity contribution >= 4 is 35.0 Å². The van der Waals surface area contributed by atoms with Crippen molar-refractivity contribution in [3.63, 3.8) is 0 Å². The molecule has 1 saturated heterocycles. The predicted molar refractivity (Wildman–Crippen MR) is 150 cm³/mol. The highest BCUT2D eigenvalue weighted by Crippen LogP contribution is 2.29. The van der Waals surface area contributed by atoms with Crippen LogP contribution >= 0.6 is 0 Å². The summed E-state index contributed by atoms with van der Waals surface area (Å²) < 4.78 is 25.2. The van der Waals surface area contributed by atoms with Gasteiger partial charge in [-0.15, -0.1) is 0 Å². The maximum Gasteiger partial charge on any atom is 0.475 e. The zero-order valence-electron chi connectivity index (χ0n) is 24.3. The molecule has 0 spiro atoms. The molecule has 2 aliphatic rings. The minimum absolute atomic E-state index is 0.0709. The zero-order valence-corrected chi connectivity index (χ0v) is 25.1. The van der Waals surface area contributed by atoms with Crippen LogP contribution in [-0.2, 0) is 19.6 Å². The summed E-state index contributed by atoms with van der Waals surface area (Å²) in [4.78, 5) is 41.7. The van der Waals surface area contributed by atoms with Crippen molar-refractivity contribution in [1.29, 1.82) is 0 Å². The zero-order chi connectivity index (χ0) is 29.5. The Kier molecular flexibility index (Phi) is 12.1. The third-order valence-corrected chi connectivity index (χ3v) is 9.28. The van der Waals surface area contributed by atoms with Crippen molar-refractivity contribution in [3.8, 4) is 0 Å². The third-order valence-electron chi connectivity index (χ3n) is 8.00. The van der Waals surface area contributed by atoms with Gasteiger partial charge in [-0.2, -0.15) is 0 Å². The fourth-order valence-corrected chi connectivity index (χ4v) is 5.69. The number of rotatable bonds is 11. The number of carbonyl (C=O) groups excluding carboxylic acids is 3. The first-order valence-electron chi connectivity index (χ1n) is 14.0. The summed E-state index contributed by atoms with van der Waals surface area (Å²) >= 11 is 0. The molecule has 1 heterocycles. The Morgan fingerprint density at radius 1 is 1.03 bits per heavy atom. The van der Waals surface area contributed by atoms with Crippen LogP contribution < -0.4 is 16.0 Å². The van der Waals surface area contributed by atoms with Crippen LogP contribution in [0.5, 0.6) is 0 Å². The van der Waals surface area contributed by atoms with Crippen LogP contribution in [0.2, 0.25) is 0 Å². The summed E-state index contributed by atoms with van der Waals surface area (Å²) in [6.45, 7) is 7.86. The molecule has 0 aromatic rings. The van der Waals surface area contributed by atoms with Gasteiger partial charge in [0.05, 0.1) is 12.2 Å². The Morgan fingerprint density at radius 3 is 2.15 bits per heavy atom. The van der Waals surface area contributed by atoms with Crippen LogP contribution in [0.25, 0.3) is 0 Å². The smallest absolute Gasteiger partial charge is 0.426 e. The number of amides is 4. The van der Waals surface area contributed by atoms with Gasteiger partial charge in [0.15, 0.2) is 0 Å². The van der Waals surface area contributed by atoms with E-state index in [-0.39, 0.29) is 18.4 Å². The third kappa shape index (κ3) is 9.61. The van der Waals surface area contributed by atoms with Gasteiger partial charge in [-0.25, -0.2) is 17.5 Å². The van der Waals surface area contributed by atoms with Gasteiger partial charge in [0, 0.05) is 26.2 Å². The van der Waals surface area contributed by atoms with E-state index in [1.807, 2.05) is 20.8 Å². The Labute approximate surface area is 233 Å². The van der Waals surface area contributed by atoms with Gasteiger partial charge in [-0.1, -0.05) is 47.0 Å². The summed E-state index contributed by atoms with van der Waals surface area (Å²) in [5, 5.41) is 27.5. The average Bonchev–Trinajstić information content (AvgIpc) is 3.34. The van der Waals surface area contributed by atoms with E-state index in [0.717, 1.165) is 38.4 Å². The molecule has 0 aromatic carbocycles. The van der Waals surface area contributed by atoms with Gasteiger partial charge < -0.3 is 30.9 Å². The molecule has 1 saturated carbocycles. The molecule has 2 fully saturated rings. The largest absolute Gasteiger partial charge is 0.475 e. The van der Waals surface area contributed by atoms with E-state index in [9.17, 15) is 32.8 Å². The Hall–Kier alpha value is -1.90. The molecule has 39 heavy (non-hydrogen) atoms. The Balaban J connectivity index is 2.22. The molecule has 1 aliphatic carbocycles. The van der Waals surface area contributed by atoms with E-state index in [4.69, 9.17) is 0 Å². The number of likely N-dealkylation sites (N-methyl/N-ethyl adjacent to an activating group) is 1. The van der Waals surface area contributed by atoms with Gasteiger partial charge >= 0.3 is 13.1 Å². The highest BCUT2D eigenvalue weighted by Gasteiger charge is 2.42. The summed E-state index contributed by atoms with van der Waals surface area (Å²) in [7, 11) is -3.71. The van der Waals surface area contributed by atoms with Gasteiger partial charge in [-0.3, -0.25) is 9.59 Å². The molecule has 0 bridgehead atoms. The monoisotopic (exact) mass is 573 g/mol.